The second-order valence-electron chi connectivity index (χ2n) is 5.98. The standard InChI is InChI=1S/C12H14N2O5.H5O9P3S/c1-3-7-9(16)12(18,4-2)10(19-7)14-6-5-8(15)13-11(14)17;1-10(2,3)8-11(4,5)9-12(6,7)13/h2,5-7,9-10,16,18H,3H2,1H3,(H,13,15,17);(H,4,5)(H2,1,2,3)(H2,6,7,13)/t7-,9-,10-,12-;/m1./s1. The van der Waals surface area contributed by atoms with Gasteiger partial charge in [0.15, 0.2) is 11.8 Å². The van der Waals surface area contributed by atoms with Gasteiger partial charge in [-0.2, -0.15) is 4.31 Å². The van der Waals surface area contributed by atoms with Crippen molar-refractivity contribution in [3.63, 3.8) is 0 Å². The molecule has 0 spiro atoms. The lowest BCUT2D eigenvalue weighted by Crippen LogP contribution is -2.47. The Kier molecular flexibility index (Phi) is 9.49. The summed E-state index contributed by atoms with van der Waals surface area (Å²) in [4.78, 5) is 66.0. The highest BCUT2D eigenvalue weighted by Crippen LogP contribution is 2.64. The SMILES string of the molecule is C#C[C@@]1(O)[C@H](O)[C@@H](CC)O[C@H]1n1ccc(=O)[nH]c1=O.O=P(O)(O)OP(=O)(O)OP(O)(O)=S. The summed E-state index contributed by atoms with van der Waals surface area (Å²) < 4.78 is 33.5. The molecule has 1 fully saturated rings. The van der Waals surface area contributed by atoms with Crippen LogP contribution in [0.2, 0.25) is 0 Å². The number of phosphoric acid groups is 2. The van der Waals surface area contributed by atoms with Crippen LogP contribution >= 0.6 is 22.4 Å². The Hall–Kier alpha value is -1.05. The zero-order valence-corrected chi connectivity index (χ0v) is 19.4. The van der Waals surface area contributed by atoms with Gasteiger partial charge in [0, 0.05) is 12.3 Å². The number of rotatable bonds is 6. The van der Waals surface area contributed by atoms with Crippen LogP contribution in [0.4, 0.5) is 0 Å². The molecule has 2 heterocycles. The highest BCUT2D eigenvalue weighted by atomic mass is 32.5. The van der Waals surface area contributed by atoms with Crippen molar-refractivity contribution in [1.29, 1.82) is 0 Å². The average molecular weight is 540 g/mol. The largest absolute Gasteiger partial charge is 0.488 e. The molecule has 1 aromatic heterocycles. The summed E-state index contributed by atoms with van der Waals surface area (Å²) >= 11 is 3.76. The molecule has 0 saturated carbocycles. The van der Waals surface area contributed by atoms with Crippen LogP contribution in [0.25, 0.3) is 0 Å². The molecule has 32 heavy (non-hydrogen) atoms. The van der Waals surface area contributed by atoms with Gasteiger partial charge in [-0.25, -0.2) is 18.2 Å². The third kappa shape index (κ3) is 8.07. The predicted molar refractivity (Wildman–Crippen MR) is 108 cm³/mol. The van der Waals surface area contributed by atoms with Crippen LogP contribution < -0.4 is 11.2 Å². The van der Waals surface area contributed by atoms with Crippen molar-refractivity contribution in [2.24, 2.45) is 0 Å². The molecule has 5 atom stereocenters. The summed E-state index contributed by atoms with van der Waals surface area (Å²) in [7, 11) is -10.5. The summed E-state index contributed by atoms with van der Waals surface area (Å²) in [5.41, 5.74) is -3.37. The molecular formula is C12H19N2O14P3S. The number of terminal acetylenes is 1. The lowest BCUT2D eigenvalue weighted by molar-refractivity contribution is -0.0726. The molecule has 16 nitrogen and oxygen atoms in total. The number of nitrogens with zero attached hydrogens (tertiary/aromatic N) is 1. The smallest absolute Gasteiger partial charge is 0.386 e. The number of aromatic amines is 1. The van der Waals surface area contributed by atoms with E-state index in [-0.39, 0.29) is 0 Å². The number of aromatic nitrogens is 2. The zero-order chi connectivity index (χ0) is 25.1. The molecule has 1 saturated heterocycles. The van der Waals surface area contributed by atoms with Crippen molar-refractivity contribution in [1.82, 2.24) is 9.55 Å². The fraction of sp³-hybridized carbons (Fsp3) is 0.500. The van der Waals surface area contributed by atoms with Crippen LogP contribution in [-0.4, -0.2) is 62.0 Å². The molecule has 1 unspecified atom stereocenters. The molecule has 20 heteroatoms. The van der Waals surface area contributed by atoms with Gasteiger partial charge in [0.05, 0.1) is 6.10 Å². The van der Waals surface area contributed by atoms with E-state index in [4.69, 9.17) is 35.6 Å². The zero-order valence-electron chi connectivity index (χ0n) is 15.9. The van der Waals surface area contributed by atoms with Gasteiger partial charge in [0.25, 0.3) is 5.56 Å². The van der Waals surface area contributed by atoms with E-state index in [0.29, 0.717) is 6.42 Å². The maximum atomic E-state index is 11.7. The Morgan fingerprint density at radius 2 is 1.84 bits per heavy atom. The summed E-state index contributed by atoms with van der Waals surface area (Å²) in [6.45, 7) is -2.77. The van der Waals surface area contributed by atoms with Crippen molar-refractivity contribution in [3.05, 3.63) is 33.1 Å². The van der Waals surface area contributed by atoms with E-state index in [1.165, 1.54) is 6.20 Å². The van der Waals surface area contributed by atoms with Gasteiger partial charge in [0.1, 0.15) is 6.10 Å². The monoisotopic (exact) mass is 540 g/mol. The minimum atomic E-state index is -5.26. The van der Waals surface area contributed by atoms with Gasteiger partial charge in [0.2, 0.25) is 0 Å². The number of aliphatic hydroxyl groups excluding tert-OH is 1. The van der Waals surface area contributed by atoms with Crippen molar-refractivity contribution < 1.29 is 57.2 Å². The molecule has 1 aliphatic rings. The molecule has 1 aromatic rings. The number of H-pyrrole nitrogens is 1. The minimum absolute atomic E-state index is 0.416. The second kappa shape index (κ2) is 10.5. The summed E-state index contributed by atoms with van der Waals surface area (Å²) in [6, 6.07) is 1.10. The molecule has 182 valence electrons. The minimum Gasteiger partial charge on any atom is -0.386 e. The first-order valence-corrected chi connectivity index (χ1v) is 13.7. The van der Waals surface area contributed by atoms with Gasteiger partial charge in [-0.05, 0) is 18.2 Å². The maximum Gasteiger partial charge on any atom is 0.488 e. The Balaban J connectivity index is 0.000000347. The third-order valence-corrected chi connectivity index (χ3v) is 7.59. The van der Waals surface area contributed by atoms with Crippen molar-refractivity contribution in [2.75, 3.05) is 0 Å². The summed E-state index contributed by atoms with van der Waals surface area (Å²) in [5.74, 6) is 2.07. The Morgan fingerprint density at radius 3 is 2.25 bits per heavy atom. The average Bonchev–Trinajstić information content (AvgIpc) is 2.83. The van der Waals surface area contributed by atoms with E-state index < -0.39 is 57.6 Å². The lowest BCUT2D eigenvalue weighted by atomic mass is 9.94. The highest BCUT2D eigenvalue weighted by molar-refractivity contribution is 8.08. The van der Waals surface area contributed by atoms with Gasteiger partial charge >= 0.3 is 28.1 Å². The van der Waals surface area contributed by atoms with Crippen molar-refractivity contribution >= 4 is 34.2 Å². The Morgan fingerprint density at radius 1 is 1.28 bits per heavy atom. The molecule has 0 amide bonds. The molecule has 0 aliphatic carbocycles. The first kappa shape index (κ1) is 29.0. The van der Waals surface area contributed by atoms with E-state index in [1.807, 2.05) is 4.98 Å². The molecular weight excluding hydrogens is 521 g/mol. The van der Waals surface area contributed by atoms with Crippen LogP contribution in [-0.2, 0) is 34.3 Å². The summed E-state index contributed by atoms with van der Waals surface area (Å²) in [6.07, 6.45) is 3.59. The van der Waals surface area contributed by atoms with Crippen molar-refractivity contribution in [3.8, 4) is 12.3 Å². The fourth-order valence-electron chi connectivity index (χ4n) is 2.42. The number of hydrogen-bond donors (Lipinski definition) is 8. The third-order valence-electron chi connectivity index (χ3n) is 3.64. The molecule has 0 bridgehead atoms. The van der Waals surface area contributed by atoms with E-state index in [2.05, 4.69) is 26.3 Å². The Labute approximate surface area is 184 Å². The van der Waals surface area contributed by atoms with E-state index in [0.717, 1.165) is 10.6 Å². The lowest BCUT2D eigenvalue weighted by Gasteiger charge is -2.26. The van der Waals surface area contributed by atoms with Crippen LogP contribution in [0.15, 0.2) is 21.9 Å². The quantitative estimate of drug-likeness (QED) is 0.143. The first-order chi connectivity index (χ1) is 14.3. The van der Waals surface area contributed by atoms with Gasteiger partial charge in [-0.3, -0.25) is 14.3 Å². The van der Waals surface area contributed by atoms with Crippen LogP contribution in [0, 0.1) is 12.3 Å². The number of hydrogen-bond acceptors (Lipinski definition) is 10. The molecule has 0 aromatic carbocycles. The number of ether oxygens (including phenoxy) is 1. The molecule has 2 rings (SSSR count). The van der Waals surface area contributed by atoms with Crippen LogP contribution in [0.1, 0.15) is 19.6 Å². The van der Waals surface area contributed by atoms with Crippen LogP contribution in [0.3, 0.4) is 0 Å². The number of aliphatic hydroxyl groups is 2. The van der Waals surface area contributed by atoms with E-state index in [9.17, 15) is 28.9 Å². The van der Waals surface area contributed by atoms with E-state index >= 15 is 0 Å². The first-order valence-electron chi connectivity index (χ1n) is 8.07. The fourth-order valence-corrected chi connectivity index (χ4v) is 5.72. The topological polar surface area (TPSA) is 258 Å². The second-order valence-corrected chi connectivity index (χ2v) is 11.6. The highest BCUT2D eigenvalue weighted by Gasteiger charge is 2.55. The van der Waals surface area contributed by atoms with Gasteiger partial charge < -0.3 is 39.4 Å². The normalized spacial score (nSPS) is 27.7. The molecule has 8 N–H and O–H groups in total. The van der Waals surface area contributed by atoms with E-state index in [1.54, 1.807) is 6.92 Å². The van der Waals surface area contributed by atoms with Gasteiger partial charge in [-0.15, -0.1) is 6.42 Å². The number of nitrogens with one attached hydrogen (secondary N) is 1. The van der Waals surface area contributed by atoms with Crippen LogP contribution in [0.5, 0.6) is 0 Å². The Bertz CT molecular complexity index is 1090. The maximum absolute atomic E-state index is 11.7. The summed E-state index contributed by atoms with van der Waals surface area (Å²) in [5, 5.41) is 20.3. The van der Waals surface area contributed by atoms with Crippen molar-refractivity contribution in [2.45, 2.75) is 37.4 Å². The molecule has 1 aliphatic heterocycles. The molecule has 0 radical (unpaired) electrons. The van der Waals surface area contributed by atoms with Gasteiger partial charge in [-0.1, -0.05) is 12.8 Å². The predicted octanol–water partition coefficient (Wildman–Crippen LogP) is -2.01.